The van der Waals surface area contributed by atoms with Crippen molar-refractivity contribution < 1.29 is 4.74 Å². The highest BCUT2D eigenvalue weighted by atomic mass is 28.3. The second kappa shape index (κ2) is 7.23. The zero-order valence-electron chi connectivity index (χ0n) is 15.6. The molecular formula is C21H27NOSi. The summed E-state index contributed by atoms with van der Waals surface area (Å²) >= 11 is 0. The fourth-order valence-corrected chi connectivity index (χ4v) is 2.60. The van der Waals surface area contributed by atoms with Crippen LogP contribution in [0.1, 0.15) is 37.6 Å². The molecule has 0 spiro atoms. The Balaban J connectivity index is 2.11. The van der Waals surface area contributed by atoms with E-state index in [9.17, 15) is 0 Å². The molecule has 1 heterocycles. The molecule has 0 amide bonds. The molecule has 0 saturated heterocycles. The predicted octanol–water partition coefficient (Wildman–Crippen LogP) is 5.19. The van der Waals surface area contributed by atoms with Crippen molar-refractivity contribution in [3.05, 3.63) is 59.4 Å². The van der Waals surface area contributed by atoms with Crippen molar-refractivity contribution >= 4 is 8.07 Å². The van der Waals surface area contributed by atoms with Gasteiger partial charge in [0.25, 0.3) is 0 Å². The number of hydrogen-bond donors (Lipinski definition) is 0. The maximum atomic E-state index is 5.96. The summed E-state index contributed by atoms with van der Waals surface area (Å²) in [5.41, 5.74) is 6.72. The van der Waals surface area contributed by atoms with E-state index in [2.05, 4.69) is 81.1 Å². The van der Waals surface area contributed by atoms with Gasteiger partial charge in [-0.1, -0.05) is 70.6 Å². The van der Waals surface area contributed by atoms with Crippen LogP contribution in [-0.2, 0) is 12.0 Å². The van der Waals surface area contributed by atoms with Crippen molar-refractivity contribution in [2.75, 3.05) is 0 Å². The second-order valence-electron chi connectivity index (χ2n) is 8.09. The van der Waals surface area contributed by atoms with Gasteiger partial charge >= 0.3 is 0 Å². The normalized spacial score (nSPS) is 11.6. The largest absolute Gasteiger partial charge is 0.486 e. The lowest BCUT2D eigenvalue weighted by Crippen LogP contribution is -2.16. The van der Waals surface area contributed by atoms with Crippen molar-refractivity contribution in [3.8, 4) is 17.2 Å². The quantitative estimate of drug-likeness (QED) is 0.568. The van der Waals surface area contributed by atoms with E-state index >= 15 is 0 Å². The number of benzene rings is 1. The summed E-state index contributed by atoms with van der Waals surface area (Å²) in [6.45, 7) is 13.9. The molecule has 2 aromatic rings. The van der Waals surface area contributed by atoms with Gasteiger partial charge in [-0.05, 0) is 28.7 Å². The highest BCUT2D eigenvalue weighted by Crippen LogP contribution is 2.23. The molecule has 24 heavy (non-hydrogen) atoms. The average Bonchev–Trinajstić information content (AvgIpc) is 2.50. The van der Waals surface area contributed by atoms with Gasteiger partial charge in [0, 0.05) is 6.20 Å². The Hall–Kier alpha value is -2.05. The lowest BCUT2D eigenvalue weighted by molar-refractivity contribution is 0.304. The van der Waals surface area contributed by atoms with E-state index in [1.54, 1.807) is 6.20 Å². The molecule has 0 N–H and O–H groups in total. The van der Waals surface area contributed by atoms with Gasteiger partial charge in [-0.3, -0.25) is 0 Å². The summed E-state index contributed by atoms with van der Waals surface area (Å²) < 4.78 is 5.96. The highest BCUT2D eigenvalue weighted by molar-refractivity contribution is 6.83. The van der Waals surface area contributed by atoms with Crippen molar-refractivity contribution in [3.63, 3.8) is 0 Å². The van der Waals surface area contributed by atoms with E-state index in [1.807, 2.05) is 12.1 Å². The molecule has 0 bridgehead atoms. The van der Waals surface area contributed by atoms with Crippen LogP contribution < -0.4 is 4.74 Å². The fourth-order valence-electron chi connectivity index (χ4n) is 2.11. The summed E-state index contributed by atoms with van der Waals surface area (Å²) in [4.78, 5) is 4.36. The molecule has 126 valence electrons. The lowest BCUT2D eigenvalue weighted by atomic mass is 9.87. The van der Waals surface area contributed by atoms with Crippen LogP contribution in [0.5, 0.6) is 5.75 Å². The maximum absolute atomic E-state index is 5.96. The Bertz CT molecular complexity index is 740. The first-order valence-corrected chi connectivity index (χ1v) is 11.9. The second-order valence-corrected chi connectivity index (χ2v) is 12.8. The Labute approximate surface area is 147 Å². The third kappa shape index (κ3) is 5.54. The first-order chi connectivity index (χ1) is 11.1. The van der Waals surface area contributed by atoms with Gasteiger partial charge in [0.15, 0.2) is 11.4 Å². The van der Waals surface area contributed by atoms with Crippen LogP contribution in [0.2, 0.25) is 19.6 Å². The van der Waals surface area contributed by atoms with Crippen LogP contribution in [-0.4, -0.2) is 13.1 Å². The van der Waals surface area contributed by atoms with Crippen LogP contribution in [0, 0.1) is 11.5 Å². The molecule has 0 unspecified atom stereocenters. The van der Waals surface area contributed by atoms with Crippen molar-refractivity contribution in [2.24, 2.45) is 0 Å². The Kier molecular flexibility index (Phi) is 5.51. The SMILES string of the molecule is CC(C)(C)c1ccc(COc2cccnc2C#C[Si](C)(C)C)cc1. The molecule has 0 radical (unpaired) electrons. The molecule has 1 aromatic carbocycles. The van der Waals surface area contributed by atoms with Crippen molar-refractivity contribution in [1.82, 2.24) is 4.98 Å². The van der Waals surface area contributed by atoms with Crippen LogP contribution in [0.25, 0.3) is 0 Å². The van der Waals surface area contributed by atoms with E-state index in [-0.39, 0.29) is 5.41 Å². The van der Waals surface area contributed by atoms with Gasteiger partial charge in [0.05, 0.1) is 0 Å². The fraction of sp³-hybridized carbons (Fsp3) is 0.381. The maximum Gasteiger partial charge on any atom is 0.154 e. The lowest BCUT2D eigenvalue weighted by Gasteiger charge is -2.19. The molecule has 0 aliphatic heterocycles. The predicted molar refractivity (Wildman–Crippen MR) is 104 cm³/mol. The number of pyridine rings is 1. The van der Waals surface area contributed by atoms with E-state index in [0.717, 1.165) is 17.0 Å². The van der Waals surface area contributed by atoms with Gasteiger partial charge in [0.2, 0.25) is 0 Å². The molecule has 1 aromatic heterocycles. The first kappa shape index (κ1) is 18.3. The topological polar surface area (TPSA) is 22.1 Å². The Morgan fingerprint density at radius 3 is 2.29 bits per heavy atom. The Morgan fingerprint density at radius 2 is 1.71 bits per heavy atom. The monoisotopic (exact) mass is 337 g/mol. The molecular weight excluding hydrogens is 310 g/mol. The molecule has 0 atom stereocenters. The van der Waals surface area contributed by atoms with Crippen molar-refractivity contribution in [2.45, 2.75) is 52.4 Å². The molecule has 0 fully saturated rings. The minimum atomic E-state index is -1.43. The summed E-state index contributed by atoms with van der Waals surface area (Å²) in [6, 6.07) is 12.4. The van der Waals surface area contributed by atoms with Crippen LogP contribution in [0.15, 0.2) is 42.6 Å². The average molecular weight is 338 g/mol. The van der Waals surface area contributed by atoms with Gasteiger partial charge in [0.1, 0.15) is 14.7 Å². The summed E-state index contributed by atoms with van der Waals surface area (Å²) in [7, 11) is -1.43. The minimum Gasteiger partial charge on any atom is -0.486 e. The number of rotatable bonds is 3. The van der Waals surface area contributed by atoms with E-state index in [4.69, 9.17) is 4.74 Å². The molecule has 2 nitrogen and oxygen atoms in total. The standard InChI is InChI=1S/C21H27NOSi/c1-21(2,3)18-11-9-17(10-12-18)16-23-20-8-7-14-22-19(20)13-15-24(4,5)6/h7-12,14H,16H2,1-6H3. The van der Waals surface area contributed by atoms with Gasteiger partial charge in [-0.15, -0.1) is 5.54 Å². The summed E-state index contributed by atoms with van der Waals surface area (Å²) in [5.74, 6) is 3.95. The van der Waals surface area contributed by atoms with Crippen LogP contribution in [0.4, 0.5) is 0 Å². The number of hydrogen-bond acceptors (Lipinski definition) is 2. The first-order valence-electron chi connectivity index (χ1n) is 8.35. The zero-order valence-corrected chi connectivity index (χ0v) is 16.6. The highest BCUT2D eigenvalue weighted by Gasteiger charge is 2.13. The van der Waals surface area contributed by atoms with E-state index in [1.165, 1.54) is 5.56 Å². The molecule has 0 saturated carbocycles. The summed E-state index contributed by atoms with van der Waals surface area (Å²) in [5, 5.41) is 0. The molecule has 2 rings (SSSR count). The smallest absolute Gasteiger partial charge is 0.154 e. The minimum absolute atomic E-state index is 0.169. The Morgan fingerprint density at radius 1 is 1.04 bits per heavy atom. The van der Waals surface area contributed by atoms with E-state index < -0.39 is 8.07 Å². The third-order valence-electron chi connectivity index (χ3n) is 3.54. The van der Waals surface area contributed by atoms with Crippen molar-refractivity contribution in [1.29, 1.82) is 0 Å². The van der Waals surface area contributed by atoms with Crippen LogP contribution in [0.3, 0.4) is 0 Å². The molecule has 0 aliphatic carbocycles. The van der Waals surface area contributed by atoms with Crippen LogP contribution >= 0.6 is 0 Å². The number of nitrogens with zero attached hydrogens (tertiary/aromatic N) is 1. The van der Waals surface area contributed by atoms with E-state index in [0.29, 0.717) is 6.61 Å². The van der Waals surface area contributed by atoms with Gasteiger partial charge in [-0.25, -0.2) is 4.98 Å². The summed E-state index contributed by atoms with van der Waals surface area (Å²) in [6.07, 6.45) is 1.76. The van der Waals surface area contributed by atoms with Gasteiger partial charge < -0.3 is 4.74 Å². The number of ether oxygens (including phenoxy) is 1. The zero-order chi connectivity index (χ0) is 17.8. The third-order valence-corrected chi connectivity index (χ3v) is 4.42. The molecule has 0 aliphatic rings. The van der Waals surface area contributed by atoms with Gasteiger partial charge in [-0.2, -0.15) is 0 Å². The molecule has 3 heteroatoms. The number of aromatic nitrogens is 1.